The van der Waals surface area contributed by atoms with Gasteiger partial charge in [0.05, 0.1) is 13.2 Å². The number of carbonyl (C=O) groups excluding carboxylic acids is 3. The number of nitrogens with zero attached hydrogens (tertiary/aromatic N) is 2. The second kappa shape index (κ2) is 8.06. The quantitative estimate of drug-likeness (QED) is 0.753. The maximum Gasteiger partial charge on any atom is 0.325 e. The van der Waals surface area contributed by atoms with Crippen molar-refractivity contribution in [1.82, 2.24) is 15.1 Å². The summed E-state index contributed by atoms with van der Waals surface area (Å²) in [5, 5.41) is 2.77. The van der Waals surface area contributed by atoms with Crippen molar-refractivity contribution in [3.63, 3.8) is 0 Å². The summed E-state index contributed by atoms with van der Waals surface area (Å²) >= 11 is 0. The van der Waals surface area contributed by atoms with Gasteiger partial charge in [-0.25, -0.2) is 4.79 Å². The molecule has 2 atom stereocenters. The van der Waals surface area contributed by atoms with Crippen LogP contribution in [0, 0.1) is 6.92 Å². The minimum Gasteiger partial charge on any atom is -0.497 e. The zero-order chi connectivity index (χ0) is 22.2. The number of rotatable bonds is 5. The highest BCUT2D eigenvalue weighted by Gasteiger charge is 2.50. The Bertz CT molecular complexity index is 1020. The highest BCUT2D eigenvalue weighted by atomic mass is 16.5. The molecular weight excluding hydrogens is 394 g/mol. The van der Waals surface area contributed by atoms with Crippen LogP contribution in [0.15, 0.2) is 48.5 Å². The van der Waals surface area contributed by atoms with Gasteiger partial charge in [-0.2, -0.15) is 0 Å². The summed E-state index contributed by atoms with van der Waals surface area (Å²) in [5.74, 6) is 0.0913. The molecule has 1 N–H and O–H groups in total. The van der Waals surface area contributed by atoms with Crippen molar-refractivity contribution in [3.8, 4) is 5.75 Å². The normalized spacial score (nSPS) is 23.3. The summed E-state index contributed by atoms with van der Waals surface area (Å²) in [7, 11) is 1.61. The Labute approximate surface area is 182 Å². The fourth-order valence-corrected chi connectivity index (χ4v) is 4.41. The van der Waals surface area contributed by atoms with Gasteiger partial charge in [-0.3, -0.25) is 14.5 Å². The minimum atomic E-state index is -1.18. The summed E-state index contributed by atoms with van der Waals surface area (Å²) in [6.07, 6.45) is 1.70. The number of likely N-dealkylation sites (tertiary alicyclic amines) is 1. The second-order valence-electron chi connectivity index (χ2n) is 8.33. The number of carbonyl (C=O) groups is 3. The molecule has 7 nitrogen and oxygen atoms in total. The standard InChI is InChI=1S/C24H27N3O4/c1-16-9-11-18(12-10-16)24(2)22(29)27(23(30)25-24)15-21(28)26-13-5-8-20(26)17-6-4-7-19(14-17)31-3/h4,6-7,9-12,14,20H,5,8,13,15H2,1-3H3,(H,25,30). The van der Waals surface area contributed by atoms with E-state index < -0.39 is 17.5 Å². The van der Waals surface area contributed by atoms with Gasteiger partial charge in [-0.15, -0.1) is 0 Å². The Balaban J connectivity index is 1.52. The number of hydrogen-bond acceptors (Lipinski definition) is 4. The molecule has 4 rings (SSSR count). The highest BCUT2D eigenvalue weighted by Crippen LogP contribution is 2.34. The fourth-order valence-electron chi connectivity index (χ4n) is 4.41. The van der Waals surface area contributed by atoms with Crippen LogP contribution in [-0.2, 0) is 15.1 Å². The highest BCUT2D eigenvalue weighted by molar-refractivity contribution is 6.09. The molecule has 2 heterocycles. The molecule has 2 unspecified atom stereocenters. The Hall–Kier alpha value is -3.35. The molecule has 2 fully saturated rings. The van der Waals surface area contributed by atoms with Crippen molar-refractivity contribution in [3.05, 3.63) is 65.2 Å². The van der Waals surface area contributed by atoms with Gasteiger partial charge in [0.15, 0.2) is 0 Å². The number of benzene rings is 2. The summed E-state index contributed by atoms with van der Waals surface area (Å²) < 4.78 is 5.31. The number of amides is 4. The van der Waals surface area contributed by atoms with Gasteiger partial charge in [-0.05, 0) is 49.9 Å². The Morgan fingerprint density at radius 2 is 1.94 bits per heavy atom. The van der Waals surface area contributed by atoms with Crippen LogP contribution in [0.3, 0.4) is 0 Å². The zero-order valence-electron chi connectivity index (χ0n) is 18.1. The van der Waals surface area contributed by atoms with Gasteiger partial charge in [0.2, 0.25) is 5.91 Å². The summed E-state index contributed by atoms with van der Waals surface area (Å²) in [5.41, 5.74) is 1.57. The Kier molecular flexibility index (Phi) is 5.43. The predicted octanol–water partition coefficient (Wildman–Crippen LogP) is 3.13. The zero-order valence-corrected chi connectivity index (χ0v) is 18.1. The lowest BCUT2D eigenvalue weighted by molar-refractivity contribution is -0.139. The van der Waals surface area contributed by atoms with E-state index in [1.165, 1.54) is 0 Å². The van der Waals surface area contributed by atoms with E-state index in [-0.39, 0.29) is 18.5 Å². The maximum absolute atomic E-state index is 13.2. The molecule has 2 saturated heterocycles. The topological polar surface area (TPSA) is 79.0 Å². The van der Waals surface area contributed by atoms with Crippen LogP contribution in [0.5, 0.6) is 5.75 Å². The SMILES string of the molecule is COc1cccc(C2CCCN2C(=O)CN2C(=O)NC(C)(c3ccc(C)cc3)C2=O)c1. The van der Waals surface area contributed by atoms with E-state index in [0.717, 1.165) is 34.6 Å². The molecule has 0 spiro atoms. The molecule has 2 aromatic carbocycles. The smallest absolute Gasteiger partial charge is 0.325 e. The molecule has 0 radical (unpaired) electrons. The van der Waals surface area contributed by atoms with Crippen molar-refractivity contribution in [2.75, 3.05) is 20.2 Å². The van der Waals surface area contributed by atoms with Gasteiger partial charge in [0, 0.05) is 6.54 Å². The van der Waals surface area contributed by atoms with E-state index in [2.05, 4.69) is 5.32 Å². The van der Waals surface area contributed by atoms with Crippen LogP contribution in [-0.4, -0.2) is 47.8 Å². The summed E-state index contributed by atoms with van der Waals surface area (Å²) in [6.45, 7) is 3.96. The first-order valence-corrected chi connectivity index (χ1v) is 10.5. The molecule has 162 valence electrons. The number of urea groups is 1. The van der Waals surface area contributed by atoms with E-state index in [4.69, 9.17) is 4.74 Å². The lowest BCUT2D eigenvalue weighted by atomic mass is 9.91. The van der Waals surface area contributed by atoms with Gasteiger partial charge < -0.3 is 15.0 Å². The largest absolute Gasteiger partial charge is 0.497 e. The number of ether oxygens (including phenoxy) is 1. The van der Waals surface area contributed by atoms with Crippen LogP contribution in [0.4, 0.5) is 4.79 Å². The van der Waals surface area contributed by atoms with Crippen molar-refractivity contribution in [2.45, 2.75) is 38.3 Å². The number of nitrogens with one attached hydrogen (secondary N) is 1. The third-order valence-electron chi connectivity index (χ3n) is 6.25. The van der Waals surface area contributed by atoms with Gasteiger partial charge >= 0.3 is 6.03 Å². The van der Waals surface area contributed by atoms with E-state index in [1.54, 1.807) is 18.9 Å². The van der Waals surface area contributed by atoms with Crippen LogP contribution >= 0.6 is 0 Å². The molecule has 31 heavy (non-hydrogen) atoms. The Morgan fingerprint density at radius 1 is 1.19 bits per heavy atom. The number of hydrogen-bond donors (Lipinski definition) is 1. The van der Waals surface area contributed by atoms with E-state index in [0.29, 0.717) is 12.1 Å². The lowest BCUT2D eigenvalue weighted by Gasteiger charge is -2.27. The molecule has 0 aliphatic carbocycles. The van der Waals surface area contributed by atoms with Crippen molar-refractivity contribution in [1.29, 1.82) is 0 Å². The van der Waals surface area contributed by atoms with Crippen molar-refractivity contribution < 1.29 is 19.1 Å². The average Bonchev–Trinajstić information content (AvgIpc) is 3.34. The lowest BCUT2D eigenvalue weighted by Crippen LogP contribution is -2.44. The molecule has 7 heteroatoms. The first-order chi connectivity index (χ1) is 14.8. The molecule has 0 aromatic heterocycles. The van der Waals surface area contributed by atoms with Crippen LogP contribution in [0.2, 0.25) is 0 Å². The van der Waals surface area contributed by atoms with Crippen molar-refractivity contribution >= 4 is 17.8 Å². The maximum atomic E-state index is 13.2. The Morgan fingerprint density at radius 3 is 2.65 bits per heavy atom. The number of aryl methyl sites for hydroxylation is 1. The van der Waals surface area contributed by atoms with Crippen LogP contribution < -0.4 is 10.1 Å². The van der Waals surface area contributed by atoms with E-state index in [1.807, 2.05) is 55.5 Å². The van der Waals surface area contributed by atoms with E-state index >= 15 is 0 Å². The molecule has 2 aromatic rings. The first kappa shape index (κ1) is 20.9. The first-order valence-electron chi connectivity index (χ1n) is 10.5. The molecule has 2 aliphatic rings. The number of methoxy groups -OCH3 is 1. The van der Waals surface area contributed by atoms with E-state index in [9.17, 15) is 14.4 Å². The summed E-state index contributed by atoms with van der Waals surface area (Å²) in [4.78, 5) is 41.7. The molecule has 0 bridgehead atoms. The van der Waals surface area contributed by atoms with Crippen LogP contribution in [0.25, 0.3) is 0 Å². The van der Waals surface area contributed by atoms with Crippen LogP contribution in [0.1, 0.15) is 42.5 Å². The number of imide groups is 1. The summed E-state index contributed by atoms with van der Waals surface area (Å²) in [6, 6.07) is 14.5. The molecule has 0 saturated carbocycles. The molecular formula is C24H27N3O4. The second-order valence-corrected chi connectivity index (χ2v) is 8.33. The third kappa shape index (κ3) is 3.76. The van der Waals surface area contributed by atoms with Gasteiger partial charge in [0.1, 0.15) is 17.8 Å². The minimum absolute atomic E-state index is 0.0909. The molecule has 4 amide bonds. The fraction of sp³-hybridized carbons (Fsp3) is 0.375. The van der Waals surface area contributed by atoms with Gasteiger partial charge in [0.25, 0.3) is 5.91 Å². The van der Waals surface area contributed by atoms with Gasteiger partial charge in [-0.1, -0.05) is 42.0 Å². The molecule has 2 aliphatic heterocycles. The van der Waals surface area contributed by atoms with Crippen molar-refractivity contribution in [2.24, 2.45) is 0 Å². The predicted molar refractivity (Wildman–Crippen MR) is 115 cm³/mol. The third-order valence-corrected chi connectivity index (χ3v) is 6.25. The monoisotopic (exact) mass is 421 g/mol. The average molecular weight is 421 g/mol.